The molecule has 0 aliphatic carbocycles. The van der Waals surface area contributed by atoms with Crippen LogP contribution in [0.1, 0.15) is 19.3 Å². The number of anilines is 2. The van der Waals surface area contributed by atoms with Gasteiger partial charge in [-0.3, -0.25) is 4.90 Å². The third-order valence-electron chi connectivity index (χ3n) is 4.25. The number of hydrogen-bond acceptors (Lipinski definition) is 5. The number of benzene rings is 1. The first-order valence-electron chi connectivity index (χ1n) is 7.81. The second-order valence-electron chi connectivity index (χ2n) is 5.65. The molecule has 0 spiro atoms. The van der Waals surface area contributed by atoms with Crippen molar-refractivity contribution in [2.75, 3.05) is 50.0 Å². The molecular weight excluding hydrogens is 266 g/mol. The Balaban J connectivity index is 1.95. The van der Waals surface area contributed by atoms with Crippen LogP contribution in [-0.2, 0) is 0 Å². The van der Waals surface area contributed by atoms with E-state index in [0.717, 1.165) is 38.0 Å². The summed E-state index contributed by atoms with van der Waals surface area (Å²) in [6, 6.07) is 8.50. The van der Waals surface area contributed by atoms with E-state index < -0.39 is 0 Å². The average Bonchev–Trinajstić information content (AvgIpc) is 2.74. The van der Waals surface area contributed by atoms with Gasteiger partial charge in [-0.2, -0.15) is 0 Å². The first kappa shape index (κ1) is 16.1. The van der Waals surface area contributed by atoms with Crippen LogP contribution in [0.15, 0.2) is 24.3 Å². The van der Waals surface area contributed by atoms with Crippen molar-refractivity contribution in [3.8, 4) is 0 Å². The van der Waals surface area contributed by atoms with Crippen LogP contribution in [0.25, 0.3) is 0 Å². The number of rotatable bonds is 6. The molecule has 0 amide bonds. The van der Waals surface area contributed by atoms with Crippen LogP contribution in [-0.4, -0.2) is 60.5 Å². The third kappa shape index (κ3) is 4.59. The van der Waals surface area contributed by atoms with E-state index in [1.54, 1.807) is 0 Å². The molecule has 0 saturated carbocycles. The van der Waals surface area contributed by atoms with Gasteiger partial charge in [0.25, 0.3) is 0 Å². The smallest absolute Gasteiger partial charge is 0.0558 e. The lowest BCUT2D eigenvalue weighted by Crippen LogP contribution is -2.40. The summed E-state index contributed by atoms with van der Waals surface area (Å²) in [4.78, 5) is 4.61. The predicted octanol–water partition coefficient (Wildman–Crippen LogP) is 0.914. The van der Waals surface area contributed by atoms with Crippen molar-refractivity contribution in [1.82, 2.24) is 4.90 Å². The Bertz CT molecular complexity index is 404. The fourth-order valence-corrected chi connectivity index (χ4v) is 3.12. The highest BCUT2D eigenvalue weighted by Crippen LogP contribution is 2.22. The molecule has 4 N–H and O–H groups in total. The Labute approximate surface area is 127 Å². The highest BCUT2D eigenvalue weighted by Gasteiger charge is 2.22. The van der Waals surface area contributed by atoms with Gasteiger partial charge in [0.05, 0.1) is 13.2 Å². The Morgan fingerprint density at radius 1 is 1.05 bits per heavy atom. The molecule has 5 heteroatoms. The summed E-state index contributed by atoms with van der Waals surface area (Å²) in [7, 11) is 0. The van der Waals surface area contributed by atoms with Crippen LogP contribution in [0.5, 0.6) is 0 Å². The molecule has 1 aromatic carbocycles. The number of hydrogen-bond donors (Lipinski definition) is 3. The van der Waals surface area contributed by atoms with E-state index in [2.05, 4.69) is 21.9 Å². The number of nitrogens with zero attached hydrogens (tertiary/aromatic N) is 2. The largest absolute Gasteiger partial charge is 0.399 e. The molecule has 118 valence electrons. The summed E-state index contributed by atoms with van der Waals surface area (Å²) in [5.74, 6) is 0. The Morgan fingerprint density at radius 3 is 2.33 bits per heavy atom. The van der Waals surface area contributed by atoms with Gasteiger partial charge in [0.2, 0.25) is 0 Å². The normalized spacial score (nSPS) is 19.8. The van der Waals surface area contributed by atoms with Gasteiger partial charge in [-0.25, -0.2) is 0 Å². The van der Waals surface area contributed by atoms with Crippen LogP contribution in [0.4, 0.5) is 11.4 Å². The summed E-state index contributed by atoms with van der Waals surface area (Å²) >= 11 is 0. The predicted molar refractivity (Wildman–Crippen MR) is 86.5 cm³/mol. The maximum absolute atomic E-state index is 9.17. The van der Waals surface area contributed by atoms with Gasteiger partial charge in [0.1, 0.15) is 0 Å². The first-order valence-corrected chi connectivity index (χ1v) is 7.81. The summed E-state index contributed by atoms with van der Waals surface area (Å²) in [6.45, 7) is 3.64. The second-order valence-corrected chi connectivity index (χ2v) is 5.65. The van der Waals surface area contributed by atoms with Crippen LogP contribution >= 0.6 is 0 Å². The van der Waals surface area contributed by atoms with E-state index in [9.17, 15) is 10.2 Å². The molecule has 1 heterocycles. The molecule has 1 atom stereocenters. The van der Waals surface area contributed by atoms with Crippen molar-refractivity contribution in [3.05, 3.63) is 24.3 Å². The molecular formula is C16H27N3O2. The Kier molecular flexibility index (Phi) is 6.29. The number of aliphatic hydroxyl groups excluding tert-OH is 2. The van der Waals surface area contributed by atoms with Gasteiger partial charge in [0.15, 0.2) is 0 Å². The number of nitrogens with two attached hydrogens (primary N) is 1. The molecule has 1 unspecified atom stereocenters. The minimum Gasteiger partial charge on any atom is -0.399 e. The summed E-state index contributed by atoms with van der Waals surface area (Å²) in [6.07, 6.45) is 3.30. The molecule has 1 aliphatic rings. The summed E-state index contributed by atoms with van der Waals surface area (Å²) in [5.41, 5.74) is 7.76. The van der Waals surface area contributed by atoms with Gasteiger partial charge in [-0.1, -0.05) is 0 Å². The van der Waals surface area contributed by atoms with Crippen molar-refractivity contribution < 1.29 is 10.2 Å². The minimum atomic E-state index is 0.151. The fourth-order valence-electron chi connectivity index (χ4n) is 3.12. The van der Waals surface area contributed by atoms with Gasteiger partial charge in [0, 0.05) is 43.6 Å². The van der Waals surface area contributed by atoms with Gasteiger partial charge < -0.3 is 20.8 Å². The number of nitrogen functional groups attached to an aromatic ring is 1. The molecule has 21 heavy (non-hydrogen) atoms. The number of aliphatic hydroxyl groups is 2. The lowest BCUT2D eigenvalue weighted by Gasteiger charge is -2.30. The van der Waals surface area contributed by atoms with Crippen LogP contribution in [0.2, 0.25) is 0 Å². The molecule has 1 fully saturated rings. The Hall–Kier alpha value is -1.30. The van der Waals surface area contributed by atoms with E-state index in [1.165, 1.54) is 5.69 Å². The molecule has 0 bridgehead atoms. The molecule has 1 saturated heterocycles. The summed E-state index contributed by atoms with van der Waals surface area (Å²) < 4.78 is 0. The third-order valence-corrected chi connectivity index (χ3v) is 4.25. The molecule has 1 aliphatic heterocycles. The molecule has 5 nitrogen and oxygen atoms in total. The van der Waals surface area contributed by atoms with Crippen molar-refractivity contribution in [1.29, 1.82) is 0 Å². The van der Waals surface area contributed by atoms with Gasteiger partial charge in [-0.05, 0) is 43.5 Å². The van der Waals surface area contributed by atoms with Crippen LogP contribution < -0.4 is 10.6 Å². The van der Waals surface area contributed by atoms with E-state index >= 15 is 0 Å². The van der Waals surface area contributed by atoms with Crippen molar-refractivity contribution in [2.24, 2.45) is 0 Å². The minimum absolute atomic E-state index is 0.151. The zero-order valence-corrected chi connectivity index (χ0v) is 12.6. The quantitative estimate of drug-likeness (QED) is 0.680. The van der Waals surface area contributed by atoms with Crippen LogP contribution in [0, 0.1) is 0 Å². The zero-order chi connectivity index (χ0) is 15.1. The van der Waals surface area contributed by atoms with Crippen molar-refractivity contribution in [2.45, 2.75) is 25.3 Å². The average molecular weight is 293 g/mol. The van der Waals surface area contributed by atoms with E-state index in [0.29, 0.717) is 19.1 Å². The van der Waals surface area contributed by atoms with Gasteiger partial charge in [-0.15, -0.1) is 0 Å². The second kappa shape index (κ2) is 8.22. The SMILES string of the molecule is Nc1ccc(N2CCCC(N(CCO)CCO)CC2)cc1. The molecule has 1 aromatic rings. The topological polar surface area (TPSA) is 73.0 Å². The van der Waals surface area contributed by atoms with Crippen LogP contribution in [0.3, 0.4) is 0 Å². The molecule has 0 aromatic heterocycles. The standard InChI is InChI=1S/C16H27N3O2/c17-14-3-5-16(6-4-14)18-8-1-2-15(7-9-18)19(10-12-20)11-13-21/h3-6,15,20-21H,1-2,7-13,17H2. The van der Waals surface area contributed by atoms with Crippen molar-refractivity contribution in [3.63, 3.8) is 0 Å². The zero-order valence-electron chi connectivity index (χ0n) is 12.6. The van der Waals surface area contributed by atoms with Gasteiger partial charge >= 0.3 is 0 Å². The summed E-state index contributed by atoms with van der Waals surface area (Å²) in [5, 5.41) is 18.3. The maximum atomic E-state index is 9.17. The van der Waals surface area contributed by atoms with E-state index in [-0.39, 0.29) is 13.2 Å². The molecule has 0 radical (unpaired) electrons. The van der Waals surface area contributed by atoms with Crippen molar-refractivity contribution >= 4 is 11.4 Å². The molecule has 2 rings (SSSR count). The highest BCUT2D eigenvalue weighted by molar-refractivity contribution is 5.53. The lowest BCUT2D eigenvalue weighted by atomic mass is 10.1. The Morgan fingerprint density at radius 2 is 1.71 bits per heavy atom. The first-order chi connectivity index (χ1) is 10.2. The van der Waals surface area contributed by atoms with E-state index in [1.807, 2.05) is 12.1 Å². The lowest BCUT2D eigenvalue weighted by molar-refractivity contribution is 0.115. The monoisotopic (exact) mass is 293 g/mol. The fraction of sp³-hybridized carbons (Fsp3) is 0.625. The highest BCUT2D eigenvalue weighted by atomic mass is 16.3. The maximum Gasteiger partial charge on any atom is 0.0558 e. The van der Waals surface area contributed by atoms with E-state index in [4.69, 9.17) is 5.73 Å².